The van der Waals surface area contributed by atoms with Crippen molar-refractivity contribution in [3.05, 3.63) is 78.1 Å². The van der Waals surface area contributed by atoms with Gasteiger partial charge in [0.15, 0.2) is 5.65 Å². The van der Waals surface area contributed by atoms with Crippen molar-refractivity contribution in [1.29, 1.82) is 0 Å². The molecule has 32 heavy (non-hydrogen) atoms. The molecule has 1 aliphatic heterocycles. The van der Waals surface area contributed by atoms with Crippen molar-refractivity contribution in [2.75, 3.05) is 18.4 Å². The molecule has 0 amide bonds. The van der Waals surface area contributed by atoms with Crippen molar-refractivity contribution < 1.29 is 12.8 Å². The summed E-state index contributed by atoms with van der Waals surface area (Å²) in [6, 6.07) is 10.7. The van der Waals surface area contributed by atoms with E-state index in [1.54, 1.807) is 35.3 Å². The van der Waals surface area contributed by atoms with Gasteiger partial charge in [0.2, 0.25) is 16.0 Å². The Bertz CT molecular complexity index is 1380. The first-order chi connectivity index (χ1) is 15.5. The van der Waals surface area contributed by atoms with Crippen LogP contribution >= 0.6 is 0 Å². The predicted molar refractivity (Wildman–Crippen MR) is 119 cm³/mol. The van der Waals surface area contributed by atoms with Gasteiger partial charge in [-0.3, -0.25) is 4.40 Å². The maximum atomic E-state index is 13.0. The lowest BCUT2D eigenvalue weighted by Gasteiger charge is -2.26. The fourth-order valence-electron chi connectivity index (χ4n) is 3.73. The molecule has 1 aromatic carbocycles. The van der Waals surface area contributed by atoms with Gasteiger partial charge in [0.25, 0.3) is 0 Å². The molecule has 0 atom stereocenters. The molecule has 4 aromatic rings. The molecule has 1 N–H and O–H groups in total. The van der Waals surface area contributed by atoms with Gasteiger partial charge in [-0.2, -0.15) is 4.31 Å². The van der Waals surface area contributed by atoms with Gasteiger partial charge in [0, 0.05) is 24.8 Å². The predicted octanol–water partition coefficient (Wildman–Crippen LogP) is 3.12. The number of sulfonamides is 1. The minimum absolute atomic E-state index is 0.296. The Morgan fingerprint density at radius 1 is 1.19 bits per heavy atom. The fraction of sp³-hybridized carbons (Fsp3) is 0.227. The van der Waals surface area contributed by atoms with Crippen LogP contribution < -0.4 is 5.32 Å². The summed E-state index contributed by atoms with van der Waals surface area (Å²) in [7, 11) is -3.53. The third kappa shape index (κ3) is 3.78. The number of rotatable bonds is 6. The first kappa shape index (κ1) is 20.4. The Labute approximate surface area is 185 Å². The molecule has 0 aliphatic carbocycles. The van der Waals surface area contributed by atoms with Gasteiger partial charge in [-0.15, -0.1) is 10.2 Å². The average molecular weight is 451 g/mol. The number of fused-ring (bicyclic) bond motifs is 1. The van der Waals surface area contributed by atoms with Crippen molar-refractivity contribution >= 4 is 27.2 Å². The second-order valence-electron chi connectivity index (χ2n) is 7.61. The van der Waals surface area contributed by atoms with Gasteiger partial charge in [-0.05, 0) is 43.2 Å². The highest BCUT2D eigenvalue weighted by Gasteiger charge is 2.27. The third-order valence-corrected chi connectivity index (χ3v) is 7.39. The molecule has 3 aromatic heterocycles. The van der Waals surface area contributed by atoms with Crippen LogP contribution in [0.5, 0.6) is 0 Å². The van der Waals surface area contributed by atoms with E-state index in [2.05, 4.69) is 20.5 Å². The number of hydrogen-bond donors (Lipinski definition) is 1. The van der Waals surface area contributed by atoms with E-state index in [0.717, 1.165) is 22.5 Å². The molecule has 0 saturated carbocycles. The van der Waals surface area contributed by atoms with E-state index in [-0.39, 0.29) is 0 Å². The lowest BCUT2D eigenvalue weighted by atomic mass is 10.0. The van der Waals surface area contributed by atoms with E-state index in [0.29, 0.717) is 42.5 Å². The monoisotopic (exact) mass is 450 g/mol. The van der Waals surface area contributed by atoms with Crippen LogP contribution in [0.15, 0.2) is 70.6 Å². The molecule has 10 heteroatoms. The smallest absolute Gasteiger partial charge is 0.243 e. The molecule has 9 nitrogen and oxygen atoms in total. The van der Waals surface area contributed by atoms with Crippen LogP contribution in [-0.2, 0) is 16.6 Å². The number of furan rings is 1. The van der Waals surface area contributed by atoms with E-state index >= 15 is 0 Å². The zero-order valence-electron chi connectivity index (χ0n) is 17.5. The van der Waals surface area contributed by atoms with E-state index in [4.69, 9.17) is 4.42 Å². The maximum absolute atomic E-state index is 13.0. The number of hydrogen-bond acceptors (Lipinski definition) is 7. The summed E-state index contributed by atoms with van der Waals surface area (Å²) in [6.45, 7) is 3.11. The van der Waals surface area contributed by atoms with Crippen molar-refractivity contribution in [3.63, 3.8) is 0 Å². The summed E-state index contributed by atoms with van der Waals surface area (Å²) in [4.78, 5) is 4.85. The molecule has 0 fully saturated rings. The lowest BCUT2D eigenvalue weighted by molar-refractivity contribution is 0.441. The lowest BCUT2D eigenvalue weighted by Crippen LogP contribution is -2.34. The second kappa shape index (κ2) is 8.21. The highest BCUT2D eigenvalue weighted by molar-refractivity contribution is 7.89. The molecule has 1 aliphatic rings. The molecule has 0 saturated heterocycles. The largest absolute Gasteiger partial charge is 0.467 e. The number of nitrogens with one attached hydrogen (secondary N) is 1. The summed E-state index contributed by atoms with van der Waals surface area (Å²) in [5.74, 6) is 1.40. The van der Waals surface area contributed by atoms with Crippen LogP contribution in [0.25, 0.3) is 11.2 Å². The first-order valence-electron chi connectivity index (χ1n) is 10.2. The number of aryl methyl sites for hydroxylation is 1. The Morgan fingerprint density at radius 3 is 2.75 bits per heavy atom. The summed E-state index contributed by atoms with van der Waals surface area (Å²) in [5, 5.41) is 11.5. The van der Waals surface area contributed by atoms with Gasteiger partial charge in [-0.25, -0.2) is 13.4 Å². The molecule has 0 spiro atoms. The standard InChI is InChI=1S/C22H22N6O3S/c1-16-4-6-19(7-5-16)32(29,30)27-10-8-17(9-11-27)20-14-24-22(28-15-25-26-21(20)28)23-13-18-3-2-12-31-18/h2-8,12,14-15H,9-11,13H2,1H3,(H,23,24). The quantitative estimate of drug-likeness (QED) is 0.481. The number of anilines is 1. The van der Waals surface area contributed by atoms with Gasteiger partial charge in [0.1, 0.15) is 12.1 Å². The van der Waals surface area contributed by atoms with Gasteiger partial charge in [-0.1, -0.05) is 23.8 Å². The molecule has 0 radical (unpaired) electrons. The fourth-order valence-corrected chi connectivity index (χ4v) is 5.11. The summed E-state index contributed by atoms with van der Waals surface area (Å²) in [6.07, 6.45) is 7.48. The molecule has 4 heterocycles. The van der Waals surface area contributed by atoms with Crippen molar-refractivity contribution in [3.8, 4) is 0 Å². The minimum Gasteiger partial charge on any atom is -0.467 e. The molecule has 0 bridgehead atoms. The zero-order chi connectivity index (χ0) is 22.1. The SMILES string of the molecule is Cc1ccc(S(=O)(=O)N2CC=C(c3cnc(NCc4ccco4)n4cnnc34)CC2)cc1. The Kier molecular flexibility index (Phi) is 5.24. The molecule has 164 valence electrons. The van der Waals surface area contributed by atoms with Gasteiger partial charge in [0.05, 0.1) is 17.7 Å². The summed E-state index contributed by atoms with van der Waals surface area (Å²) >= 11 is 0. The number of benzene rings is 1. The van der Waals surface area contributed by atoms with Crippen LogP contribution in [0.1, 0.15) is 23.3 Å². The van der Waals surface area contributed by atoms with E-state index in [1.807, 2.05) is 37.3 Å². The molecule has 0 unspecified atom stereocenters. The van der Waals surface area contributed by atoms with Gasteiger partial charge >= 0.3 is 0 Å². The van der Waals surface area contributed by atoms with Crippen molar-refractivity contribution in [2.24, 2.45) is 0 Å². The van der Waals surface area contributed by atoms with Crippen molar-refractivity contribution in [1.82, 2.24) is 23.9 Å². The molecular weight excluding hydrogens is 428 g/mol. The van der Waals surface area contributed by atoms with Crippen LogP contribution in [0.3, 0.4) is 0 Å². The van der Waals surface area contributed by atoms with Crippen LogP contribution in [0.2, 0.25) is 0 Å². The summed E-state index contributed by atoms with van der Waals surface area (Å²) in [5.41, 5.74) is 3.54. The average Bonchev–Trinajstić information content (AvgIpc) is 3.50. The topological polar surface area (TPSA) is 106 Å². The van der Waals surface area contributed by atoms with Gasteiger partial charge < -0.3 is 9.73 Å². The highest BCUT2D eigenvalue weighted by atomic mass is 32.2. The molecular formula is C22H22N6O3S. The maximum Gasteiger partial charge on any atom is 0.243 e. The van der Waals surface area contributed by atoms with E-state index in [9.17, 15) is 8.42 Å². The number of aromatic nitrogens is 4. The van der Waals surface area contributed by atoms with Crippen LogP contribution in [0, 0.1) is 6.92 Å². The summed E-state index contributed by atoms with van der Waals surface area (Å²) < 4.78 is 34.6. The van der Waals surface area contributed by atoms with E-state index < -0.39 is 10.0 Å². The minimum atomic E-state index is -3.53. The molecule has 5 rings (SSSR count). The normalized spacial score (nSPS) is 15.1. The second-order valence-corrected chi connectivity index (χ2v) is 9.55. The Balaban J connectivity index is 1.37. The van der Waals surface area contributed by atoms with Crippen LogP contribution in [-0.4, -0.2) is 45.4 Å². The third-order valence-electron chi connectivity index (χ3n) is 5.51. The Morgan fingerprint density at radius 2 is 2.03 bits per heavy atom. The highest BCUT2D eigenvalue weighted by Crippen LogP contribution is 2.28. The first-order valence-corrected chi connectivity index (χ1v) is 11.7. The Hall–Kier alpha value is -3.50. The number of nitrogens with zero attached hydrogens (tertiary/aromatic N) is 5. The zero-order valence-corrected chi connectivity index (χ0v) is 18.3. The van der Waals surface area contributed by atoms with Crippen LogP contribution in [0.4, 0.5) is 5.95 Å². The van der Waals surface area contributed by atoms with E-state index in [1.165, 1.54) is 4.31 Å². The van der Waals surface area contributed by atoms with Crippen molar-refractivity contribution in [2.45, 2.75) is 24.8 Å².